The van der Waals surface area contributed by atoms with Crippen LogP contribution in [0.25, 0.3) is 5.52 Å². The molecule has 0 fully saturated rings. The molecular weight excluding hydrogens is 244 g/mol. The molecule has 0 aliphatic carbocycles. The number of rotatable bonds is 5. The molecule has 2 aromatic rings. The Morgan fingerprint density at radius 2 is 2.26 bits per heavy atom. The molecule has 2 aromatic heterocycles. The molecular formula is C13H18N4O2. The predicted octanol–water partition coefficient (Wildman–Crippen LogP) is 0.866. The second-order valence-electron chi connectivity index (χ2n) is 4.95. The molecule has 19 heavy (non-hydrogen) atoms. The highest BCUT2D eigenvalue weighted by Crippen LogP contribution is 2.10. The summed E-state index contributed by atoms with van der Waals surface area (Å²) >= 11 is 0. The summed E-state index contributed by atoms with van der Waals surface area (Å²) in [4.78, 5) is 16.2. The van der Waals surface area contributed by atoms with Gasteiger partial charge in [0, 0.05) is 12.4 Å². The van der Waals surface area contributed by atoms with Crippen LogP contribution in [0.5, 0.6) is 0 Å². The number of amides is 1. The molecule has 102 valence electrons. The van der Waals surface area contributed by atoms with Crippen LogP contribution in [0.1, 0.15) is 30.6 Å². The van der Waals surface area contributed by atoms with Crippen LogP contribution in [0.2, 0.25) is 0 Å². The van der Waals surface area contributed by atoms with E-state index in [1.165, 1.54) is 6.20 Å². The predicted molar refractivity (Wildman–Crippen MR) is 70.8 cm³/mol. The smallest absolute Gasteiger partial charge is 0.255 e. The average Bonchev–Trinajstić information content (AvgIpc) is 2.81. The van der Waals surface area contributed by atoms with Crippen molar-refractivity contribution >= 4 is 11.4 Å². The van der Waals surface area contributed by atoms with Gasteiger partial charge >= 0.3 is 0 Å². The van der Waals surface area contributed by atoms with Gasteiger partial charge in [-0.05, 0) is 12.3 Å². The van der Waals surface area contributed by atoms with Crippen LogP contribution in [-0.2, 0) is 0 Å². The maximum atomic E-state index is 12.2. The normalized spacial score (nSPS) is 12.8. The van der Waals surface area contributed by atoms with Crippen LogP contribution in [-0.4, -0.2) is 38.3 Å². The molecule has 0 aliphatic rings. The van der Waals surface area contributed by atoms with Crippen LogP contribution >= 0.6 is 0 Å². The molecule has 1 atom stereocenters. The summed E-state index contributed by atoms with van der Waals surface area (Å²) in [5.74, 6) is 0.172. The highest BCUT2D eigenvalue weighted by atomic mass is 16.3. The van der Waals surface area contributed by atoms with E-state index in [1.54, 1.807) is 23.1 Å². The molecule has 6 heteroatoms. The molecule has 0 aliphatic heterocycles. The first kappa shape index (κ1) is 13.5. The molecule has 1 unspecified atom stereocenters. The van der Waals surface area contributed by atoms with Crippen LogP contribution < -0.4 is 5.32 Å². The van der Waals surface area contributed by atoms with Crippen molar-refractivity contribution in [3.63, 3.8) is 0 Å². The van der Waals surface area contributed by atoms with Gasteiger partial charge in [-0.1, -0.05) is 13.8 Å². The zero-order chi connectivity index (χ0) is 13.8. The molecule has 6 nitrogen and oxygen atoms in total. The maximum absolute atomic E-state index is 12.2. The van der Waals surface area contributed by atoms with E-state index in [-0.39, 0.29) is 18.6 Å². The highest BCUT2D eigenvalue weighted by Gasteiger charge is 2.17. The van der Waals surface area contributed by atoms with Crippen LogP contribution in [0, 0.1) is 5.92 Å². The van der Waals surface area contributed by atoms with Crippen molar-refractivity contribution in [2.75, 3.05) is 6.61 Å². The Hall–Kier alpha value is -1.95. The Morgan fingerprint density at radius 3 is 2.95 bits per heavy atom. The molecule has 0 aromatic carbocycles. The summed E-state index contributed by atoms with van der Waals surface area (Å²) in [6, 6.07) is -0.237. The molecule has 0 bridgehead atoms. The van der Waals surface area contributed by atoms with Gasteiger partial charge in [-0.25, -0.2) is 4.52 Å². The van der Waals surface area contributed by atoms with E-state index >= 15 is 0 Å². The fourth-order valence-corrected chi connectivity index (χ4v) is 2.02. The Labute approximate surface area is 111 Å². The third-order valence-corrected chi connectivity index (χ3v) is 2.88. The number of aliphatic hydroxyl groups is 1. The molecule has 2 rings (SSSR count). The number of carbonyl (C=O) groups excluding carboxylic acids is 1. The SMILES string of the molecule is CC(C)CC(CO)NC(=O)c1cnn2ccncc12. The fraction of sp³-hybridized carbons (Fsp3) is 0.462. The van der Waals surface area contributed by atoms with Gasteiger partial charge in [0.1, 0.15) is 0 Å². The Bertz CT molecular complexity index is 565. The highest BCUT2D eigenvalue weighted by molar-refractivity contribution is 6.00. The lowest BCUT2D eigenvalue weighted by molar-refractivity contribution is 0.0910. The van der Waals surface area contributed by atoms with Crippen molar-refractivity contribution < 1.29 is 9.90 Å². The van der Waals surface area contributed by atoms with E-state index in [1.807, 2.05) is 13.8 Å². The van der Waals surface area contributed by atoms with Gasteiger partial charge in [0.2, 0.25) is 0 Å². The quantitative estimate of drug-likeness (QED) is 0.837. The van der Waals surface area contributed by atoms with Crippen molar-refractivity contribution in [2.24, 2.45) is 5.92 Å². The lowest BCUT2D eigenvalue weighted by Gasteiger charge is -2.17. The largest absolute Gasteiger partial charge is 0.394 e. The Morgan fingerprint density at radius 1 is 1.47 bits per heavy atom. The molecule has 2 heterocycles. The minimum Gasteiger partial charge on any atom is -0.394 e. The summed E-state index contributed by atoms with van der Waals surface area (Å²) < 4.78 is 1.60. The molecule has 2 N–H and O–H groups in total. The molecule has 0 saturated carbocycles. The zero-order valence-corrected chi connectivity index (χ0v) is 11.1. The van der Waals surface area contributed by atoms with E-state index in [0.717, 1.165) is 6.42 Å². The number of carbonyl (C=O) groups is 1. The lowest BCUT2D eigenvalue weighted by Crippen LogP contribution is -2.38. The Balaban J connectivity index is 2.15. The summed E-state index contributed by atoms with van der Waals surface area (Å²) in [6.07, 6.45) is 7.13. The fourth-order valence-electron chi connectivity index (χ4n) is 2.02. The van der Waals surface area contributed by atoms with E-state index in [0.29, 0.717) is 17.0 Å². The van der Waals surface area contributed by atoms with Crippen LogP contribution in [0.3, 0.4) is 0 Å². The molecule has 0 saturated heterocycles. The first-order chi connectivity index (χ1) is 9.11. The van der Waals surface area contributed by atoms with Gasteiger partial charge < -0.3 is 10.4 Å². The summed E-state index contributed by atoms with van der Waals surface area (Å²) in [5.41, 5.74) is 1.12. The number of nitrogens with one attached hydrogen (secondary N) is 1. The van der Waals surface area contributed by atoms with Crippen molar-refractivity contribution in [2.45, 2.75) is 26.3 Å². The van der Waals surface area contributed by atoms with E-state index in [2.05, 4.69) is 15.4 Å². The first-order valence-corrected chi connectivity index (χ1v) is 6.31. The van der Waals surface area contributed by atoms with E-state index < -0.39 is 0 Å². The number of nitrogens with zero attached hydrogens (tertiary/aromatic N) is 3. The van der Waals surface area contributed by atoms with E-state index in [9.17, 15) is 9.90 Å². The standard InChI is InChI=1S/C13H18N4O2/c1-9(2)5-10(8-18)16-13(19)11-6-15-17-4-3-14-7-12(11)17/h3-4,6-7,9-10,18H,5,8H2,1-2H3,(H,16,19). The number of hydrogen-bond acceptors (Lipinski definition) is 4. The summed E-state index contributed by atoms with van der Waals surface area (Å²) in [7, 11) is 0. The number of hydrogen-bond donors (Lipinski definition) is 2. The minimum atomic E-state index is -0.237. The third kappa shape index (κ3) is 3.08. The van der Waals surface area contributed by atoms with Crippen LogP contribution in [0.15, 0.2) is 24.8 Å². The monoisotopic (exact) mass is 262 g/mol. The average molecular weight is 262 g/mol. The van der Waals surface area contributed by atoms with Crippen LogP contribution in [0.4, 0.5) is 0 Å². The van der Waals surface area contributed by atoms with Gasteiger partial charge in [-0.2, -0.15) is 5.10 Å². The maximum Gasteiger partial charge on any atom is 0.255 e. The number of aromatic nitrogens is 3. The van der Waals surface area contributed by atoms with Crippen molar-refractivity contribution in [1.82, 2.24) is 19.9 Å². The van der Waals surface area contributed by atoms with E-state index in [4.69, 9.17) is 0 Å². The Kier molecular flexibility index (Phi) is 4.11. The number of fused-ring (bicyclic) bond motifs is 1. The zero-order valence-electron chi connectivity index (χ0n) is 11.1. The van der Waals surface area contributed by atoms with Crippen molar-refractivity contribution in [1.29, 1.82) is 0 Å². The van der Waals surface area contributed by atoms with Gasteiger partial charge in [0.15, 0.2) is 0 Å². The minimum absolute atomic E-state index is 0.0681. The second-order valence-corrected chi connectivity index (χ2v) is 4.95. The van der Waals surface area contributed by atoms with Crippen molar-refractivity contribution in [3.8, 4) is 0 Å². The van der Waals surface area contributed by atoms with Gasteiger partial charge in [-0.3, -0.25) is 9.78 Å². The molecule has 0 spiro atoms. The summed E-state index contributed by atoms with van der Waals surface area (Å²) in [5, 5.41) is 16.2. The lowest BCUT2D eigenvalue weighted by atomic mass is 10.0. The molecule has 1 amide bonds. The van der Waals surface area contributed by atoms with Gasteiger partial charge in [-0.15, -0.1) is 0 Å². The third-order valence-electron chi connectivity index (χ3n) is 2.88. The first-order valence-electron chi connectivity index (χ1n) is 6.31. The molecule has 0 radical (unpaired) electrons. The topological polar surface area (TPSA) is 79.5 Å². The van der Waals surface area contributed by atoms with Gasteiger partial charge in [0.25, 0.3) is 5.91 Å². The number of aliphatic hydroxyl groups excluding tert-OH is 1. The second kappa shape index (κ2) is 5.79. The summed E-state index contributed by atoms with van der Waals surface area (Å²) in [6.45, 7) is 4.03. The van der Waals surface area contributed by atoms with Gasteiger partial charge in [0.05, 0.1) is 36.1 Å². The van der Waals surface area contributed by atoms with Crippen molar-refractivity contribution in [3.05, 3.63) is 30.4 Å².